The second kappa shape index (κ2) is 5.52. The van der Waals surface area contributed by atoms with Crippen LogP contribution in [0.5, 0.6) is 0 Å². The summed E-state index contributed by atoms with van der Waals surface area (Å²) in [5.41, 5.74) is 3.05. The van der Waals surface area contributed by atoms with Crippen LogP contribution in [0.25, 0.3) is 16.7 Å². The zero-order chi connectivity index (χ0) is 14.8. The Morgan fingerprint density at radius 1 is 1.19 bits per heavy atom. The molecular formula is C16H19N5. The summed E-state index contributed by atoms with van der Waals surface area (Å²) < 4.78 is 1.85. The van der Waals surface area contributed by atoms with Crippen LogP contribution >= 0.6 is 0 Å². The molecule has 0 aliphatic rings. The third-order valence-corrected chi connectivity index (χ3v) is 3.64. The van der Waals surface area contributed by atoms with E-state index in [1.165, 1.54) is 5.56 Å². The highest BCUT2D eigenvalue weighted by molar-refractivity contribution is 5.87. The number of fused-ring (bicyclic) bond motifs is 1. The number of benzene rings is 1. The molecule has 108 valence electrons. The predicted octanol–water partition coefficient (Wildman–Crippen LogP) is 3.33. The molecule has 0 radical (unpaired) electrons. The van der Waals surface area contributed by atoms with Gasteiger partial charge in [0.15, 0.2) is 5.65 Å². The van der Waals surface area contributed by atoms with Crippen molar-refractivity contribution in [3.8, 4) is 5.69 Å². The van der Waals surface area contributed by atoms with E-state index in [9.17, 15) is 0 Å². The molecule has 21 heavy (non-hydrogen) atoms. The lowest BCUT2D eigenvalue weighted by Gasteiger charge is -2.12. The van der Waals surface area contributed by atoms with Crippen LogP contribution in [0.3, 0.4) is 0 Å². The number of hydrogen-bond acceptors (Lipinski definition) is 4. The Morgan fingerprint density at radius 2 is 1.95 bits per heavy atom. The maximum Gasteiger partial charge on any atom is 0.168 e. The van der Waals surface area contributed by atoms with Gasteiger partial charge in [-0.15, -0.1) is 0 Å². The quantitative estimate of drug-likeness (QED) is 0.797. The summed E-state index contributed by atoms with van der Waals surface area (Å²) >= 11 is 0. The second-order valence-electron chi connectivity index (χ2n) is 5.31. The van der Waals surface area contributed by atoms with Crippen LogP contribution in [0, 0.1) is 6.92 Å². The van der Waals surface area contributed by atoms with Crippen molar-refractivity contribution in [3.63, 3.8) is 0 Å². The first kappa shape index (κ1) is 13.5. The molecule has 2 aromatic heterocycles. The van der Waals surface area contributed by atoms with Crippen molar-refractivity contribution in [2.24, 2.45) is 0 Å². The standard InChI is InChI=1S/C16H19N5/c1-4-12(3)20-15-14-9-19-21(16(14)18-10-17-15)13-7-5-11(2)6-8-13/h5-10,12H,4H2,1-3H3,(H,17,18,20)/t12-/m1/s1. The molecule has 1 aromatic carbocycles. The van der Waals surface area contributed by atoms with E-state index < -0.39 is 0 Å². The molecule has 0 fully saturated rings. The SMILES string of the molecule is CC[C@@H](C)Nc1ncnc2c1cnn2-c1ccc(C)cc1. The zero-order valence-electron chi connectivity index (χ0n) is 12.5. The van der Waals surface area contributed by atoms with E-state index in [1.54, 1.807) is 6.33 Å². The molecular weight excluding hydrogens is 262 g/mol. The van der Waals surface area contributed by atoms with E-state index >= 15 is 0 Å². The van der Waals surface area contributed by atoms with Crippen LogP contribution in [0.4, 0.5) is 5.82 Å². The molecule has 3 rings (SSSR count). The molecule has 5 heteroatoms. The predicted molar refractivity (Wildman–Crippen MR) is 84.8 cm³/mol. The Morgan fingerprint density at radius 3 is 2.67 bits per heavy atom. The molecule has 0 aliphatic heterocycles. The highest BCUT2D eigenvalue weighted by atomic mass is 15.3. The number of nitrogens with zero attached hydrogens (tertiary/aromatic N) is 4. The second-order valence-corrected chi connectivity index (χ2v) is 5.31. The fourth-order valence-corrected chi connectivity index (χ4v) is 2.17. The van der Waals surface area contributed by atoms with Crippen molar-refractivity contribution < 1.29 is 0 Å². The Hall–Kier alpha value is -2.43. The number of aromatic nitrogens is 4. The van der Waals surface area contributed by atoms with Crippen molar-refractivity contribution in [1.82, 2.24) is 19.7 Å². The fourth-order valence-electron chi connectivity index (χ4n) is 2.17. The molecule has 0 spiro atoms. The Kier molecular flexibility index (Phi) is 3.56. The van der Waals surface area contributed by atoms with Crippen LogP contribution in [0.1, 0.15) is 25.8 Å². The summed E-state index contributed by atoms with van der Waals surface area (Å²) in [6.45, 7) is 6.35. The summed E-state index contributed by atoms with van der Waals surface area (Å²) in [5.74, 6) is 0.840. The van der Waals surface area contributed by atoms with Gasteiger partial charge in [0.1, 0.15) is 12.1 Å². The van der Waals surface area contributed by atoms with Crippen molar-refractivity contribution in [3.05, 3.63) is 42.4 Å². The first-order valence-electron chi connectivity index (χ1n) is 7.21. The summed E-state index contributed by atoms with van der Waals surface area (Å²) in [5, 5.41) is 8.81. The minimum atomic E-state index is 0.367. The lowest BCUT2D eigenvalue weighted by molar-refractivity contribution is 0.760. The van der Waals surface area contributed by atoms with Gasteiger partial charge in [-0.2, -0.15) is 5.10 Å². The van der Waals surface area contributed by atoms with Gasteiger partial charge >= 0.3 is 0 Å². The molecule has 0 saturated heterocycles. The van der Waals surface area contributed by atoms with Crippen LogP contribution in [-0.4, -0.2) is 25.8 Å². The Labute approximate surface area is 124 Å². The molecule has 0 saturated carbocycles. The van der Waals surface area contributed by atoms with Gasteiger partial charge in [0.25, 0.3) is 0 Å². The molecule has 0 amide bonds. The monoisotopic (exact) mass is 281 g/mol. The Balaban J connectivity index is 2.06. The minimum Gasteiger partial charge on any atom is -0.367 e. The minimum absolute atomic E-state index is 0.367. The van der Waals surface area contributed by atoms with Crippen LogP contribution in [-0.2, 0) is 0 Å². The molecule has 2 heterocycles. The first-order valence-corrected chi connectivity index (χ1v) is 7.21. The molecule has 0 aliphatic carbocycles. The van der Waals surface area contributed by atoms with E-state index in [0.717, 1.165) is 29.0 Å². The number of nitrogens with one attached hydrogen (secondary N) is 1. The first-order chi connectivity index (χ1) is 10.2. The maximum absolute atomic E-state index is 4.46. The van der Waals surface area contributed by atoms with Gasteiger partial charge in [-0.25, -0.2) is 14.6 Å². The largest absolute Gasteiger partial charge is 0.367 e. The van der Waals surface area contributed by atoms with E-state index in [-0.39, 0.29) is 0 Å². The van der Waals surface area contributed by atoms with Gasteiger partial charge in [-0.1, -0.05) is 24.6 Å². The van der Waals surface area contributed by atoms with E-state index in [2.05, 4.69) is 53.3 Å². The van der Waals surface area contributed by atoms with Gasteiger partial charge in [-0.05, 0) is 32.4 Å². The smallest absolute Gasteiger partial charge is 0.168 e. The third kappa shape index (κ3) is 2.59. The highest BCUT2D eigenvalue weighted by Gasteiger charge is 2.12. The van der Waals surface area contributed by atoms with Gasteiger partial charge in [-0.3, -0.25) is 0 Å². The lowest BCUT2D eigenvalue weighted by atomic mass is 10.2. The number of anilines is 1. The average molecular weight is 281 g/mol. The summed E-state index contributed by atoms with van der Waals surface area (Å²) in [4.78, 5) is 8.72. The number of rotatable bonds is 4. The summed E-state index contributed by atoms with van der Waals surface area (Å²) in [7, 11) is 0. The highest BCUT2D eigenvalue weighted by Crippen LogP contribution is 2.22. The van der Waals surface area contributed by atoms with Gasteiger partial charge in [0, 0.05) is 6.04 Å². The van der Waals surface area contributed by atoms with Gasteiger partial charge < -0.3 is 5.32 Å². The molecule has 3 aromatic rings. The topological polar surface area (TPSA) is 55.6 Å². The molecule has 5 nitrogen and oxygen atoms in total. The van der Waals surface area contributed by atoms with Crippen LogP contribution < -0.4 is 5.32 Å². The number of hydrogen-bond donors (Lipinski definition) is 1. The summed E-state index contributed by atoms with van der Waals surface area (Å²) in [6.07, 6.45) is 4.44. The zero-order valence-corrected chi connectivity index (χ0v) is 12.5. The maximum atomic E-state index is 4.46. The van der Waals surface area contributed by atoms with Crippen molar-refractivity contribution >= 4 is 16.9 Å². The van der Waals surface area contributed by atoms with Crippen molar-refractivity contribution in [2.75, 3.05) is 5.32 Å². The molecule has 1 atom stereocenters. The number of aryl methyl sites for hydroxylation is 1. The van der Waals surface area contributed by atoms with E-state index in [1.807, 2.05) is 23.0 Å². The Bertz CT molecular complexity index is 745. The van der Waals surface area contributed by atoms with Crippen LogP contribution in [0.2, 0.25) is 0 Å². The van der Waals surface area contributed by atoms with Crippen LogP contribution in [0.15, 0.2) is 36.8 Å². The van der Waals surface area contributed by atoms with Crippen molar-refractivity contribution in [2.45, 2.75) is 33.2 Å². The average Bonchev–Trinajstić information content (AvgIpc) is 2.93. The van der Waals surface area contributed by atoms with Gasteiger partial charge in [0.05, 0.1) is 17.3 Å². The molecule has 0 unspecified atom stereocenters. The fraction of sp³-hybridized carbons (Fsp3) is 0.312. The van der Waals surface area contributed by atoms with E-state index in [4.69, 9.17) is 0 Å². The summed E-state index contributed by atoms with van der Waals surface area (Å²) in [6, 6.07) is 8.60. The van der Waals surface area contributed by atoms with E-state index in [0.29, 0.717) is 6.04 Å². The molecule has 0 bridgehead atoms. The normalized spacial score (nSPS) is 12.5. The van der Waals surface area contributed by atoms with Crippen molar-refractivity contribution in [1.29, 1.82) is 0 Å². The molecule has 1 N–H and O–H groups in total. The third-order valence-electron chi connectivity index (χ3n) is 3.64. The van der Waals surface area contributed by atoms with Gasteiger partial charge in [0.2, 0.25) is 0 Å². The lowest BCUT2D eigenvalue weighted by Crippen LogP contribution is -2.14.